The van der Waals surface area contributed by atoms with E-state index in [1.165, 1.54) is 12.6 Å². The molecular formula is C10H22BrOP. The second kappa shape index (κ2) is 5.09. The molecule has 1 fully saturated rings. The van der Waals surface area contributed by atoms with Gasteiger partial charge in [0.1, 0.15) is 0 Å². The Morgan fingerprint density at radius 1 is 1.54 bits per heavy atom. The second-order valence-electron chi connectivity index (χ2n) is 4.76. The van der Waals surface area contributed by atoms with Gasteiger partial charge in [-0.2, -0.15) is 0 Å². The fourth-order valence-electron chi connectivity index (χ4n) is 2.50. The maximum Gasteiger partial charge on any atom is 0.0464 e. The first-order chi connectivity index (χ1) is 5.54. The zero-order valence-electron chi connectivity index (χ0n) is 8.79. The normalized spacial score (nSPS) is 33.0. The number of hydrogen-bond donors (Lipinski definition) is 1. The molecule has 0 bridgehead atoms. The van der Waals surface area contributed by atoms with Crippen LogP contribution >= 0.6 is 26.2 Å². The van der Waals surface area contributed by atoms with E-state index in [4.69, 9.17) is 5.11 Å². The minimum atomic E-state index is 0. The number of rotatable bonds is 3. The first-order valence-corrected chi connectivity index (χ1v) is 5.66. The highest BCUT2D eigenvalue weighted by atomic mass is 79.9. The van der Waals surface area contributed by atoms with Crippen LogP contribution in [0.25, 0.3) is 0 Å². The topological polar surface area (TPSA) is 20.2 Å². The van der Waals surface area contributed by atoms with Gasteiger partial charge in [0, 0.05) is 6.61 Å². The lowest BCUT2D eigenvalue weighted by Gasteiger charge is -2.54. The van der Waals surface area contributed by atoms with Gasteiger partial charge in [-0.15, -0.1) is 26.2 Å². The van der Waals surface area contributed by atoms with Crippen LogP contribution in [0.15, 0.2) is 0 Å². The fourth-order valence-corrected chi connectivity index (χ4v) is 2.82. The third kappa shape index (κ3) is 2.46. The van der Waals surface area contributed by atoms with Crippen LogP contribution in [0.3, 0.4) is 0 Å². The molecule has 0 radical (unpaired) electrons. The third-order valence-electron chi connectivity index (χ3n) is 3.83. The Labute approximate surface area is 94.7 Å². The summed E-state index contributed by atoms with van der Waals surface area (Å²) in [6.07, 6.45) is 2.41. The van der Waals surface area contributed by atoms with Crippen molar-refractivity contribution in [3.8, 4) is 0 Å². The number of hydrogen-bond acceptors (Lipinski definition) is 1. The van der Waals surface area contributed by atoms with E-state index in [9.17, 15) is 0 Å². The Bertz CT molecular complexity index is 161. The summed E-state index contributed by atoms with van der Waals surface area (Å²) < 4.78 is 0. The molecule has 1 nitrogen and oxygen atoms in total. The molecule has 13 heavy (non-hydrogen) atoms. The van der Waals surface area contributed by atoms with Crippen molar-refractivity contribution in [3.63, 3.8) is 0 Å². The summed E-state index contributed by atoms with van der Waals surface area (Å²) in [5, 5.41) is 9.09. The van der Waals surface area contributed by atoms with E-state index in [0.29, 0.717) is 17.9 Å². The van der Waals surface area contributed by atoms with Gasteiger partial charge in [0.05, 0.1) is 0 Å². The van der Waals surface area contributed by atoms with Crippen LogP contribution in [0.4, 0.5) is 0 Å². The average Bonchev–Trinajstić information content (AvgIpc) is 2.03. The molecule has 0 aliphatic heterocycles. The number of aliphatic hydroxyl groups excluding tert-OH is 1. The second-order valence-corrected chi connectivity index (χ2v) is 5.23. The quantitative estimate of drug-likeness (QED) is 0.781. The van der Waals surface area contributed by atoms with E-state index >= 15 is 0 Å². The molecule has 4 atom stereocenters. The van der Waals surface area contributed by atoms with Gasteiger partial charge in [0.15, 0.2) is 0 Å². The molecule has 0 heterocycles. The van der Waals surface area contributed by atoms with Gasteiger partial charge in [0.2, 0.25) is 0 Å². The van der Waals surface area contributed by atoms with Crippen molar-refractivity contribution in [2.24, 2.45) is 23.2 Å². The first kappa shape index (κ1) is 13.9. The largest absolute Gasteiger partial charge is 0.396 e. The smallest absolute Gasteiger partial charge is 0.0464 e. The Balaban J connectivity index is 0.00000144. The number of aliphatic hydroxyl groups is 1. The molecule has 0 saturated heterocycles. The highest BCUT2D eigenvalue weighted by Gasteiger charge is 2.48. The van der Waals surface area contributed by atoms with Crippen LogP contribution < -0.4 is 0 Å². The highest BCUT2D eigenvalue weighted by molar-refractivity contribution is 8.93. The lowest BCUT2D eigenvalue weighted by molar-refractivity contribution is -0.0734. The molecule has 0 aromatic heterocycles. The van der Waals surface area contributed by atoms with Gasteiger partial charge in [-0.25, -0.2) is 0 Å². The fraction of sp³-hybridized carbons (Fsp3) is 1.00. The van der Waals surface area contributed by atoms with Gasteiger partial charge in [-0.3, -0.25) is 0 Å². The van der Waals surface area contributed by atoms with E-state index < -0.39 is 0 Å². The molecule has 3 heteroatoms. The van der Waals surface area contributed by atoms with E-state index in [1.54, 1.807) is 0 Å². The summed E-state index contributed by atoms with van der Waals surface area (Å²) in [6, 6.07) is 0. The van der Waals surface area contributed by atoms with Gasteiger partial charge in [-0.05, 0) is 35.8 Å². The van der Waals surface area contributed by atoms with Crippen LogP contribution in [0.5, 0.6) is 0 Å². The molecule has 0 aromatic carbocycles. The summed E-state index contributed by atoms with van der Waals surface area (Å²) in [4.78, 5) is 0. The van der Waals surface area contributed by atoms with Gasteiger partial charge < -0.3 is 5.11 Å². The first-order valence-electron chi connectivity index (χ1n) is 4.85. The maximum atomic E-state index is 9.09. The average molecular weight is 269 g/mol. The summed E-state index contributed by atoms with van der Waals surface area (Å²) in [7, 11) is 2.82. The lowest BCUT2D eigenvalue weighted by atomic mass is 9.52. The molecule has 0 spiro atoms. The summed E-state index contributed by atoms with van der Waals surface area (Å²) in [5.41, 5.74) is 0.366. The Morgan fingerprint density at radius 3 is 2.38 bits per heavy atom. The molecule has 0 aromatic rings. The molecule has 4 unspecified atom stereocenters. The zero-order chi connectivity index (χ0) is 9.35. The summed E-state index contributed by atoms with van der Waals surface area (Å²) in [5.74, 6) is 2.14. The Morgan fingerprint density at radius 2 is 2.08 bits per heavy atom. The lowest BCUT2D eigenvalue weighted by Crippen LogP contribution is -2.49. The van der Waals surface area contributed by atoms with Crippen molar-refractivity contribution in [1.82, 2.24) is 0 Å². The molecular weight excluding hydrogens is 247 g/mol. The monoisotopic (exact) mass is 268 g/mol. The molecule has 1 rings (SSSR count). The molecule has 1 saturated carbocycles. The standard InChI is InChI=1S/C10H21OP.BrH/c1-7(6-12)9-4-8(5-11)10(9,2)3;/h7-9,11H,4-6,12H2,1-3H3;1H. The van der Waals surface area contributed by atoms with E-state index in [2.05, 4.69) is 30.0 Å². The van der Waals surface area contributed by atoms with Gasteiger partial charge >= 0.3 is 0 Å². The molecule has 80 valence electrons. The van der Waals surface area contributed by atoms with Crippen molar-refractivity contribution in [2.75, 3.05) is 12.8 Å². The third-order valence-corrected chi connectivity index (χ3v) is 4.57. The van der Waals surface area contributed by atoms with Crippen molar-refractivity contribution in [3.05, 3.63) is 0 Å². The van der Waals surface area contributed by atoms with Crippen molar-refractivity contribution >= 4 is 26.2 Å². The van der Waals surface area contributed by atoms with Crippen molar-refractivity contribution in [1.29, 1.82) is 0 Å². The van der Waals surface area contributed by atoms with Crippen LogP contribution in [0, 0.1) is 23.2 Å². The predicted octanol–water partition coefficient (Wildman–Crippen LogP) is 2.73. The van der Waals surface area contributed by atoms with E-state index in [0.717, 1.165) is 11.8 Å². The van der Waals surface area contributed by atoms with Crippen LogP contribution in [0.1, 0.15) is 27.2 Å². The van der Waals surface area contributed by atoms with Gasteiger partial charge in [0.25, 0.3) is 0 Å². The molecule has 0 amide bonds. The van der Waals surface area contributed by atoms with Crippen LogP contribution in [-0.2, 0) is 0 Å². The summed E-state index contributed by atoms with van der Waals surface area (Å²) in [6.45, 7) is 7.26. The predicted molar refractivity (Wildman–Crippen MR) is 66.5 cm³/mol. The van der Waals surface area contributed by atoms with Crippen LogP contribution in [0.2, 0.25) is 0 Å². The Kier molecular flexibility index (Phi) is 5.43. The molecule has 1 aliphatic rings. The molecule has 1 N–H and O–H groups in total. The highest BCUT2D eigenvalue weighted by Crippen LogP contribution is 2.54. The maximum absolute atomic E-state index is 9.09. The van der Waals surface area contributed by atoms with Crippen molar-refractivity contribution in [2.45, 2.75) is 27.2 Å². The van der Waals surface area contributed by atoms with E-state index in [1.807, 2.05) is 0 Å². The number of halogens is 1. The SMILES string of the molecule is Br.CC(CP)C1CC(CO)C1(C)C. The minimum absolute atomic E-state index is 0. The molecule has 1 aliphatic carbocycles. The summed E-state index contributed by atoms with van der Waals surface area (Å²) >= 11 is 0. The van der Waals surface area contributed by atoms with E-state index in [-0.39, 0.29) is 17.0 Å². The zero-order valence-corrected chi connectivity index (χ0v) is 11.7. The van der Waals surface area contributed by atoms with Crippen molar-refractivity contribution < 1.29 is 5.11 Å². The van der Waals surface area contributed by atoms with Gasteiger partial charge in [-0.1, -0.05) is 20.8 Å². The van der Waals surface area contributed by atoms with Crippen LogP contribution in [-0.4, -0.2) is 17.9 Å². The Hall–Kier alpha value is 0.870. The minimum Gasteiger partial charge on any atom is -0.396 e.